The number of aryl methyl sites for hydroxylation is 1. The van der Waals surface area contributed by atoms with E-state index in [-0.39, 0.29) is 16.1 Å². The Morgan fingerprint density at radius 3 is 2.23 bits per heavy atom. The molecule has 0 fully saturated rings. The molecule has 0 spiro atoms. The molecule has 0 bridgehead atoms. The van der Waals surface area contributed by atoms with E-state index in [9.17, 15) is 23.3 Å². The molecular formula is C18H20N2O5S. The van der Waals surface area contributed by atoms with Crippen LogP contribution in [0.25, 0.3) is 0 Å². The molecule has 0 saturated carbocycles. The van der Waals surface area contributed by atoms with E-state index in [1.54, 1.807) is 45.2 Å². The minimum atomic E-state index is -3.30. The number of sulfone groups is 1. The number of carbonyl (C=O) groups excluding carboxylic acids is 1. The second kappa shape index (κ2) is 7.25. The van der Waals surface area contributed by atoms with E-state index in [0.717, 1.165) is 11.8 Å². The van der Waals surface area contributed by atoms with Crippen LogP contribution in [0.4, 0.5) is 5.69 Å². The van der Waals surface area contributed by atoms with Crippen molar-refractivity contribution in [3.63, 3.8) is 0 Å². The third-order valence-corrected chi connectivity index (χ3v) is 5.47. The van der Waals surface area contributed by atoms with E-state index in [4.69, 9.17) is 0 Å². The largest absolute Gasteiger partial charge is 0.335 e. The Labute approximate surface area is 152 Å². The molecule has 138 valence electrons. The van der Waals surface area contributed by atoms with Crippen molar-refractivity contribution >= 4 is 21.4 Å². The molecule has 1 atom stereocenters. The second-order valence-corrected chi connectivity index (χ2v) is 8.18. The maximum atomic E-state index is 12.8. The van der Waals surface area contributed by atoms with Gasteiger partial charge in [0.15, 0.2) is 9.84 Å². The third-order valence-electron chi connectivity index (χ3n) is 4.34. The summed E-state index contributed by atoms with van der Waals surface area (Å²) in [5.74, 6) is -0.472. The molecule has 8 heteroatoms. The van der Waals surface area contributed by atoms with E-state index >= 15 is 0 Å². The first-order chi connectivity index (χ1) is 12.0. The lowest BCUT2D eigenvalue weighted by molar-refractivity contribution is -0.385. The Balaban J connectivity index is 2.34. The standard InChI is InChI=1S/C18H20N2O5S/c1-12-6-5-7-16(17(12)20(22)23)18(21)19(3)13(2)14-8-10-15(11-9-14)26(4,24)25/h5-11,13H,1-4H3/t13-/m0/s1. The van der Waals surface area contributed by atoms with Gasteiger partial charge < -0.3 is 4.90 Å². The quantitative estimate of drug-likeness (QED) is 0.590. The summed E-state index contributed by atoms with van der Waals surface area (Å²) in [5, 5.41) is 11.3. The Morgan fingerprint density at radius 1 is 1.15 bits per heavy atom. The molecule has 0 aliphatic carbocycles. The van der Waals surface area contributed by atoms with Gasteiger partial charge in [0.25, 0.3) is 11.6 Å². The number of para-hydroxylation sites is 1. The monoisotopic (exact) mass is 376 g/mol. The highest BCUT2D eigenvalue weighted by molar-refractivity contribution is 7.90. The number of carbonyl (C=O) groups is 1. The van der Waals surface area contributed by atoms with Crippen molar-refractivity contribution in [3.8, 4) is 0 Å². The molecule has 0 unspecified atom stereocenters. The summed E-state index contributed by atoms with van der Waals surface area (Å²) >= 11 is 0. The molecule has 7 nitrogen and oxygen atoms in total. The number of nitro benzene ring substituents is 1. The summed E-state index contributed by atoms with van der Waals surface area (Å²) in [6.07, 6.45) is 1.12. The zero-order valence-electron chi connectivity index (χ0n) is 15.0. The fourth-order valence-electron chi connectivity index (χ4n) is 2.66. The van der Waals surface area contributed by atoms with Gasteiger partial charge in [0.1, 0.15) is 5.56 Å². The number of rotatable bonds is 5. The van der Waals surface area contributed by atoms with Crippen LogP contribution < -0.4 is 0 Å². The lowest BCUT2D eigenvalue weighted by Crippen LogP contribution is -2.30. The second-order valence-electron chi connectivity index (χ2n) is 6.16. The van der Waals surface area contributed by atoms with Crippen LogP contribution in [0, 0.1) is 17.0 Å². The molecule has 0 N–H and O–H groups in total. The van der Waals surface area contributed by atoms with Crippen molar-refractivity contribution in [2.24, 2.45) is 0 Å². The average molecular weight is 376 g/mol. The first-order valence-corrected chi connectivity index (χ1v) is 9.74. The maximum Gasteiger partial charge on any atom is 0.285 e. The molecule has 0 radical (unpaired) electrons. The number of hydrogen-bond acceptors (Lipinski definition) is 5. The smallest absolute Gasteiger partial charge is 0.285 e. The van der Waals surface area contributed by atoms with Crippen molar-refractivity contribution in [1.29, 1.82) is 0 Å². The summed E-state index contributed by atoms with van der Waals surface area (Å²) in [5.41, 5.74) is 0.962. The summed E-state index contributed by atoms with van der Waals surface area (Å²) in [4.78, 5) is 25.1. The van der Waals surface area contributed by atoms with Gasteiger partial charge in [-0.05, 0) is 37.6 Å². The van der Waals surface area contributed by atoms with Gasteiger partial charge in [0, 0.05) is 18.9 Å². The molecule has 2 rings (SSSR count). The van der Waals surface area contributed by atoms with Crippen LogP contribution in [0.1, 0.15) is 34.5 Å². The fourth-order valence-corrected chi connectivity index (χ4v) is 3.29. The topological polar surface area (TPSA) is 97.6 Å². The molecule has 0 heterocycles. The van der Waals surface area contributed by atoms with Gasteiger partial charge in [-0.1, -0.05) is 24.3 Å². The molecule has 1 amide bonds. The third kappa shape index (κ3) is 3.91. The Morgan fingerprint density at radius 2 is 1.73 bits per heavy atom. The molecule has 0 saturated heterocycles. The number of benzene rings is 2. The summed E-state index contributed by atoms with van der Waals surface area (Å²) < 4.78 is 23.1. The summed E-state index contributed by atoms with van der Waals surface area (Å²) in [6, 6.07) is 10.5. The SMILES string of the molecule is Cc1cccc(C(=O)N(C)[C@@H](C)c2ccc(S(C)(=O)=O)cc2)c1[N+](=O)[O-]. The molecule has 0 aliphatic heterocycles. The number of hydrogen-bond donors (Lipinski definition) is 0. The van der Waals surface area contributed by atoms with Crippen molar-refractivity contribution in [1.82, 2.24) is 4.90 Å². The highest BCUT2D eigenvalue weighted by Gasteiger charge is 2.27. The molecular weight excluding hydrogens is 356 g/mol. The van der Waals surface area contributed by atoms with Gasteiger partial charge in [0.2, 0.25) is 0 Å². The van der Waals surface area contributed by atoms with Crippen molar-refractivity contribution in [2.45, 2.75) is 24.8 Å². The van der Waals surface area contributed by atoms with Gasteiger partial charge in [-0.25, -0.2) is 8.42 Å². The van der Waals surface area contributed by atoms with Gasteiger partial charge in [-0.3, -0.25) is 14.9 Å². The van der Waals surface area contributed by atoms with Crippen LogP contribution in [-0.2, 0) is 9.84 Å². The fraction of sp³-hybridized carbons (Fsp3) is 0.278. The summed E-state index contributed by atoms with van der Waals surface area (Å²) in [7, 11) is -1.74. The molecule has 2 aromatic carbocycles. The van der Waals surface area contributed by atoms with E-state index in [1.807, 2.05) is 0 Å². The number of nitrogens with zero attached hydrogens (tertiary/aromatic N) is 2. The normalized spacial score (nSPS) is 12.5. The van der Waals surface area contributed by atoms with Gasteiger partial charge in [-0.15, -0.1) is 0 Å². The van der Waals surface area contributed by atoms with Crippen LogP contribution in [0.5, 0.6) is 0 Å². The minimum Gasteiger partial charge on any atom is -0.335 e. The predicted octanol–water partition coefficient (Wildman–Crippen LogP) is 3.14. The van der Waals surface area contributed by atoms with Crippen LogP contribution in [-0.4, -0.2) is 37.5 Å². The van der Waals surface area contributed by atoms with Gasteiger partial charge >= 0.3 is 0 Å². The van der Waals surface area contributed by atoms with Crippen LogP contribution >= 0.6 is 0 Å². The predicted molar refractivity (Wildman–Crippen MR) is 97.9 cm³/mol. The zero-order valence-corrected chi connectivity index (χ0v) is 15.8. The maximum absolute atomic E-state index is 12.8. The first kappa shape index (κ1) is 19.6. The highest BCUT2D eigenvalue weighted by atomic mass is 32.2. The summed E-state index contributed by atoms with van der Waals surface area (Å²) in [6.45, 7) is 3.36. The molecule has 26 heavy (non-hydrogen) atoms. The Hall–Kier alpha value is -2.74. The highest BCUT2D eigenvalue weighted by Crippen LogP contribution is 2.28. The van der Waals surface area contributed by atoms with E-state index in [2.05, 4.69) is 0 Å². The Kier molecular flexibility index (Phi) is 5.46. The van der Waals surface area contributed by atoms with Crippen LogP contribution in [0.2, 0.25) is 0 Å². The van der Waals surface area contributed by atoms with Crippen LogP contribution in [0.3, 0.4) is 0 Å². The average Bonchev–Trinajstić information content (AvgIpc) is 2.58. The zero-order chi connectivity index (χ0) is 19.6. The van der Waals surface area contributed by atoms with Gasteiger partial charge in [0.05, 0.1) is 15.9 Å². The minimum absolute atomic E-state index is 0.0251. The number of nitro groups is 1. The van der Waals surface area contributed by atoms with E-state index < -0.39 is 26.7 Å². The number of amides is 1. The van der Waals surface area contributed by atoms with Gasteiger partial charge in [-0.2, -0.15) is 0 Å². The van der Waals surface area contributed by atoms with E-state index in [0.29, 0.717) is 5.56 Å². The lowest BCUT2D eigenvalue weighted by atomic mass is 10.0. The first-order valence-electron chi connectivity index (χ1n) is 7.85. The van der Waals surface area contributed by atoms with Crippen molar-refractivity contribution in [2.75, 3.05) is 13.3 Å². The molecule has 0 aromatic heterocycles. The van der Waals surface area contributed by atoms with Crippen molar-refractivity contribution in [3.05, 3.63) is 69.3 Å². The van der Waals surface area contributed by atoms with Crippen molar-refractivity contribution < 1.29 is 18.1 Å². The molecule has 2 aromatic rings. The van der Waals surface area contributed by atoms with E-state index in [1.165, 1.54) is 23.1 Å². The molecule has 0 aliphatic rings. The lowest BCUT2D eigenvalue weighted by Gasteiger charge is -2.25. The Bertz CT molecular complexity index is 952. The van der Waals surface area contributed by atoms with Crippen LogP contribution in [0.15, 0.2) is 47.4 Å².